The molecule has 0 saturated heterocycles. The SMILES string of the molecule is COc1c(C)c(OC(=O)c2c(C)cc(O)cc2O)cc(C)c1C(=O)Oc1cc(C)c(C(=O)O)c(O)c1C. The lowest BCUT2D eigenvalue weighted by atomic mass is 10.0. The van der Waals surface area contributed by atoms with E-state index in [0.29, 0.717) is 16.7 Å². The summed E-state index contributed by atoms with van der Waals surface area (Å²) >= 11 is 0. The molecular formula is C27H26O10. The van der Waals surface area contributed by atoms with Gasteiger partial charge in [0.05, 0.1) is 7.11 Å². The number of carbonyl (C=O) groups is 3. The molecule has 0 aliphatic heterocycles. The number of rotatable bonds is 6. The Morgan fingerprint density at radius 2 is 1.16 bits per heavy atom. The van der Waals surface area contributed by atoms with Gasteiger partial charge in [-0.25, -0.2) is 14.4 Å². The first-order chi connectivity index (χ1) is 17.3. The van der Waals surface area contributed by atoms with Gasteiger partial charge in [-0.05, 0) is 69.5 Å². The molecule has 4 N–H and O–H groups in total. The van der Waals surface area contributed by atoms with Crippen LogP contribution in [0, 0.1) is 34.6 Å². The smallest absolute Gasteiger partial charge is 0.347 e. The zero-order valence-corrected chi connectivity index (χ0v) is 21.0. The largest absolute Gasteiger partial charge is 0.508 e. The zero-order valence-electron chi connectivity index (χ0n) is 21.0. The Labute approximate surface area is 212 Å². The van der Waals surface area contributed by atoms with E-state index >= 15 is 0 Å². The van der Waals surface area contributed by atoms with Crippen molar-refractivity contribution in [2.24, 2.45) is 0 Å². The first-order valence-electron chi connectivity index (χ1n) is 11.0. The highest BCUT2D eigenvalue weighted by molar-refractivity contribution is 5.99. The summed E-state index contributed by atoms with van der Waals surface area (Å²) in [5, 5.41) is 39.3. The van der Waals surface area contributed by atoms with Crippen molar-refractivity contribution in [3.63, 3.8) is 0 Å². The molecule has 0 amide bonds. The second-order valence-corrected chi connectivity index (χ2v) is 8.51. The first kappa shape index (κ1) is 26.9. The molecule has 3 aromatic carbocycles. The number of carbonyl (C=O) groups excluding carboxylic acids is 2. The molecule has 0 radical (unpaired) electrons. The number of esters is 2. The Kier molecular flexibility index (Phi) is 7.33. The summed E-state index contributed by atoms with van der Waals surface area (Å²) in [7, 11) is 1.32. The van der Waals surface area contributed by atoms with Crippen LogP contribution in [0.15, 0.2) is 24.3 Å². The molecule has 3 rings (SSSR count). The van der Waals surface area contributed by atoms with Crippen LogP contribution >= 0.6 is 0 Å². The van der Waals surface area contributed by atoms with E-state index in [1.807, 2.05) is 0 Å². The maximum Gasteiger partial charge on any atom is 0.347 e. The number of ether oxygens (including phenoxy) is 3. The van der Waals surface area contributed by atoms with Crippen molar-refractivity contribution in [1.29, 1.82) is 0 Å². The monoisotopic (exact) mass is 510 g/mol. The second kappa shape index (κ2) is 10.1. The molecular weight excluding hydrogens is 484 g/mol. The Balaban J connectivity index is 2.00. The predicted octanol–water partition coefficient (Wildman–Crippen LogP) is 4.49. The van der Waals surface area contributed by atoms with E-state index in [1.165, 1.54) is 46.1 Å². The van der Waals surface area contributed by atoms with Crippen LogP contribution in [-0.2, 0) is 0 Å². The van der Waals surface area contributed by atoms with Gasteiger partial charge in [0.2, 0.25) is 0 Å². The average molecular weight is 510 g/mol. The van der Waals surface area contributed by atoms with Crippen molar-refractivity contribution in [3.8, 4) is 34.5 Å². The van der Waals surface area contributed by atoms with Crippen LogP contribution < -0.4 is 14.2 Å². The lowest BCUT2D eigenvalue weighted by molar-refractivity contribution is 0.0689. The highest BCUT2D eigenvalue weighted by Crippen LogP contribution is 2.38. The maximum atomic E-state index is 13.2. The third kappa shape index (κ3) is 4.99. The number of methoxy groups -OCH3 is 1. The van der Waals surface area contributed by atoms with Crippen molar-refractivity contribution >= 4 is 17.9 Å². The Morgan fingerprint density at radius 3 is 1.68 bits per heavy atom. The highest BCUT2D eigenvalue weighted by atomic mass is 16.5. The molecule has 0 bridgehead atoms. The Morgan fingerprint density at radius 1 is 0.676 bits per heavy atom. The van der Waals surface area contributed by atoms with E-state index in [-0.39, 0.29) is 50.8 Å². The van der Waals surface area contributed by atoms with Crippen LogP contribution in [0.1, 0.15) is 58.9 Å². The zero-order chi connectivity index (χ0) is 27.8. The average Bonchev–Trinajstić information content (AvgIpc) is 2.78. The summed E-state index contributed by atoms with van der Waals surface area (Å²) in [4.78, 5) is 37.4. The number of carboxylic acid groups (broad SMARTS) is 1. The van der Waals surface area contributed by atoms with Crippen molar-refractivity contribution in [2.75, 3.05) is 7.11 Å². The van der Waals surface area contributed by atoms with Crippen LogP contribution in [0.4, 0.5) is 0 Å². The first-order valence-corrected chi connectivity index (χ1v) is 11.0. The van der Waals surface area contributed by atoms with E-state index in [2.05, 4.69) is 0 Å². The fourth-order valence-corrected chi connectivity index (χ4v) is 4.03. The highest BCUT2D eigenvalue weighted by Gasteiger charge is 2.27. The van der Waals surface area contributed by atoms with Crippen LogP contribution in [0.5, 0.6) is 34.5 Å². The summed E-state index contributed by atoms with van der Waals surface area (Å²) < 4.78 is 16.4. The van der Waals surface area contributed by atoms with Gasteiger partial charge in [-0.1, -0.05) is 0 Å². The molecule has 0 aromatic heterocycles. The summed E-state index contributed by atoms with van der Waals surface area (Å²) in [5.74, 6) is -4.10. The lowest BCUT2D eigenvalue weighted by Crippen LogP contribution is -2.16. The minimum absolute atomic E-state index is 0.0297. The topological polar surface area (TPSA) is 160 Å². The van der Waals surface area contributed by atoms with E-state index in [1.54, 1.807) is 13.8 Å². The van der Waals surface area contributed by atoms with E-state index in [9.17, 15) is 34.8 Å². The molecule has 10 nitrogen and oxygen atoms in total. The third-order valence-corrected chi connectivity index (χ3v) is 5.91. The van der Waals surface area contributed by atoms with Crippen molar-refractivity contribution in [1.82, 2.24) is 0 Å². The summed E-state index contributed by atoms with van der Waals surface area (Å²) in [6, 6.07) is 5.10. The van der Waals surface area contributed by atoms with Crippen LogP contribution in [0.25, 0.3) is 0 Å². The van der Waals surface area contributed by atoms with Gasteiger partial charge in [0.15, 0.2) is 0 Å². The van der Waals surface area contributed by atoms with Gasteiger partial charge in [0.1, 0.15) is 51.2 Å². The molecule has 3 aromatic rings. The number of phenolic OH excluding ortho intramolecular Hbond substituents is 2. The fourth-order valence-electron chi connectivity index (χ4n) is 4.03. The molecule has 0 heterocycles. The quantitative estimate of drug-likeness (QED) is 0.275. The van der Waals surface area contributed by atoms with Gasteiger partial charge >= 0.3 is 17.9 Å². The van der Waals surface area contributed by atoms with Crippen molar-refractivity contribution in [2.45, 2.75) is 34.6 Å². The lowest BCUT2D eigenvalue weighted by Gasteiger charge is -2.18. The number of hydrogen-bond acceptors (Lipinski definition) is 9. The minimum Gasteiger partial charge on any atom is -0.508 e. The molecule has 194 valence electrons. The maximum absolute atomic E-state index is 13.2. The van der Waals surface area contributed by atoms with Gasteiger partial charge in [0.25, 0.3) is 0 Å². The van der Waals surface area contributed by atoms with E-state index in [0.717, 1.165) is 6.07 Å². The summed E-state index contributed by atoms with van der Waals surface area (Å²) in [5.41, 5.74) is 0.807. The van der Waals surface area contributed by atoms with Gasteiger partial charge in [-0.2, -0.15) is 0 Å². The molecule has 0 aliphatic carbocycles. The molecule has 37 heavy (non-hydrogen) atoms. The van der Waals surface area contributed by atoms with Crippen molar-refractivity contribution in [3.05, 3.63) is 68.8 Å². The molecule has 10 heteroatoms. The van der Waals surface area contributed by atoms with Crippen LogP contribution in [0.2, 0.25) is 0 Å². The molecule has 0 saturated carbocycles. The minimum atomic E-state index is -1.31. The van der Waals surface area contributed by atoms with Crippen LogP contribution in [0.3, 0.4) is 0 Å². The fraction of sp³-hybridized carbons (Fsp3) is 0.222. The van der Waals surface area contributed by atoms with E-state index in [4.69, 9.17) is 14.2 Å². The van der Waals surface area contributed by atoms with Gasteiger partial charge < -0.3 is 34.6 Å². The number of hydrogen-bond donors (Lipinski definition) is 4. The standard InChI is InChI=1S/C27H26O10/c1-11-7-16(28)10-17(29)20(11)26(33)37-19-9-13(3)22(24(35-6)15(19)5)27(34)36-18-8-12(2)21(25(31)32)23(30)14(18)4/h7-10,28-30H,1-6H3,(H,31,32). The number of carboxylic acids is 1. The van der Waals surface area contributed by atoms with Gasteiger partial charge in [-0.3, -0.25) is 0 Å². The number of benzene rings is 3. The molecule has 0 fully saturated rings. The molecule has 0 atom stereocenters. The van der Waals surface area contributed by atoms with Crippen molar-refractivity contribution < 1.29 is 49.0 Å². The summed E-state index contributed by atoms with van der Waals surface area (Å²) in [6.07, 6.45) is 0. The predicted molar refractivity (Wildman–Crippen MR) is 131 cm³/mol. The Bertz CT molecular complexity index is 1430. The molecule has 0 aliphatic rings. The number of aryl methyl sites for hydroxylation is 3. The van der Waals surface area contributed by atoms with Gasteiger partial charge in [-0.15, -0.1) is 0 Å². The second-order valence-electron chi connectivity index (χ2n) is 8.51. The molecule has 0 spiro atoms. The van der Waals surface area contributed by atoms with Crippen LogP contribution in [-0.4, -0.2) is 45.4 Å². The van der Waals surface area contributed by atoms with E-state index < -0.39 is 29.4 Å². The van der Waals surface area contributed by atoms with Gasteiger partial charge in [0, 0.05) is 17.2 Å². The summed E-state index contributed by atoms with van der Waals surface area (Å²) in [6.45, 7) is 7.54. The molecule has 0 unspecified atom stereocenters. The number of aromatic carboxylic acids is 1. The third-order valence-electron chi connectivity index (χ3n) is 5.91. The normalized spacial score (nSPS) is 10.6. The Hall–Kier alpha value is -4.73. The number of phenols is 3. The number of aromatic hydroxyl groups is 3.